The van der Waals surface area contributed by atoms with Crippen molar-refractivity contribution in [1.29, 1.82) is 0 Å². The lowest BCUT2D eigenvalue weighted by Gasteiger charge is -2.34. The molecule has 0 aromatic rings. The summed E-state index contributed by atoms with van der Waals surface area (Å²) in [6, 6.07) is 0.558. The van der Waals surface area contributed by atoms with E-state index < -0.39 is 0 Å². The quantitative estimate of drug-likeness (QED) is 0.371. The molecular formula is C20H40N4O2. The van der Waals surface area contributed by atoms with E-state index in [-0.39, 0.29) is 0 Å². The van der Waals surface area contributed by atoms with Crippen LogP contribution >= 0.6 is 0 Å². The Kier molecular flexibility index (Phi) is 10.3. The minimum Gasteiger partial charge on any atom is -0.377 e. The number of nitrogens with zero attached hydrogens (tertiary/aromatic N) is 2. The standard InChI is InChI=1S/C20H40N4O2/c1-17(2)19(24-11-6-4-5-7-12-24)15-23-20(21-3)22-10-14-25-16-18-9-8-13-26-18/h17-19H,4-16H2,1-3H3,(H2,21,22,23). The van der Waals surface area contributed by atoms with Crippen LogP contribution in [0.5, 0.6) is 0 Å². The van der Waals surface area contributed by atoms with Crippen LogP contribution in [0.15, 0.2) is 4.99 Å². The molecule has 2 aliphatic heterocycles. The van der Waals surface area contributed by atoms with E-state index in [9.17, 15) is 0 Å². The first-order valence-electron chi connectivity index (χ1n) is 10.6. The number of guanidine groups is 1. The van der Waals surface area contributed by atoms with Gasteiger partial charge in [0.2, 0.25) is 0 Å². The zero-order chi connectivity index (χ0) is 18.6. The van der Waals surface area contributed by atoms with E-state index in [1.165, 1.54) is 38.8 Å². The molecule has 0 saturated carbocycles. The maximum Gasteiger partial charge on any atom is 0.191 e. The summed E-state index contributed by atoms with van der Waals surface area (Å²) >= 11 is 0. The van der Waals surface area contributed by atoms with Gasteiger partial charge in [0.25, 0.3) is 0 Å². The van der Waals surface area contributed by atoms with Crippen LogP contribution in [0.2, 0.25) is 0 Å². The van der Waals surface area contributed by atoms with Crippen LogP contribution in [0.3, 0.4) is 0 Å². The molecule has 0 aromatic heterocycles. The fourth-order valence-electron chi connectivity index (χ4n) is 3.87. The third-order valence-corrected chi connectivity index (χ3v) is 5.45. The number of hydrogen-bond donors (Lipinski definition) is 2. The van der Waals surface area contributed by atoms with Gasteiger partial charge in [0.1, 0.15) is 0 Å². The molecule has 2 aliphatic rings. The van der Waals surface area contributed by atoms with Crippen molar-refractivity contribution in [2.75, 3.05) is 53.0 Å². The molecular weight excluding hydrogens is 328 g/mol. The van der Waals surface area contributed by atoms with Crippen LogP contribution in [0.25, 0.3) is 0 Å². The fourth-order valence-corrected chi connectivity index (χ4v) is 3.87. The lowest BCUT2D eigenvalue weighted by atomic mass is 10.0. The Bertz CT molecular complexity index is 389. The summed E-state index contributed by atoms with van der Waals surface area (Å²) in [5.41, 5.74) is 0. The second-order valence-corrected chi connectivity index (χ2v) is 7.85. The molecule has 2 atom stereocenters. The van der Waals surface area contributed by atoms with E-state index in [4.69, 9.17) is 9.47 Å². The van der Waals surface area contributed by atoms with Gasteiger partial charge in [0.05, 0.1) is 19.3 Å². The third kappa shape index (κ3) is 7.80. The molecule has 2 rings (SSSR count). The number of nitrogens with one attached hydrogen (secondary N) is 2. The molecule has 6 nitrogen and oxygen atoms in total. The first-order valence-corrected chi connectivity index (χ1v) is 10.6. The average Bonchev–Trinajstić information content (AvgIpc) is 3.01. The Balaban J connectivity index is 1.64. The molecule has 2 saturated heterocycles. The van der Waals surface area contributed by atoms with Crippen molar-refractivity contribution in [2.24, 2.45) is 10.9 Å². The van der Waals surface area contributed by atoms with Gasteiger partial charge in [-0.1, -0.05) is 26.7 Å². The van der Waals surface area contributed by atoms with Crippen molar-refractivity contribution in [1.82, 2.24) is 15.5 Å². The Morgan fingerprint density at radius 2 is 1.92 bits per heavy atom. The maximum absolute atomic E-state index is 5.71. The molecule has 0 bridgehead atoms. The maximum atomic E-state index is 5.71. The molecule has 0 aliphatic carbocycles. The predicted molar refractivity (Wildman–Crippen MR) is 108 cm³/mol. The first kappa shape index (κ1) is 21.5. The Morgan fingerprint density at radius 3 is 2.54 bits per heavy atom. The van der Waals surface area contributed by atoms with Crippen molar-refractivity contribution in [2.45, 2.75) is 64.5 Å². The molecule has 6 heteroatoms. The van der Waals surface area contributed by atoms with Gasteiger partial charge in [-0.25, -0.2) is 0 Å². The van der Waals surface area contributed by atoms with Crippen LogP contribution in [0, 0.1) is 5.92 Å². The third-order valence-electron chi connectivity index (χ3n) is 5.45. The molecule has 2 fully saturated rings. The highest BCUT2D eigenvalue weighted by Gasteiger charge is 2.22. The summed E-state index contributed by atoms with van der Waals surface area (Å²) in [5, 5.41) is 6.88. The smallest absolute Gasteiger partial charge is 0.191 e. The average molecular weight is 369 g/mol. The monoisotopic (exact) mass is 368 g/mol. The fraction of sp³-hybridized carbons (Fsp3) is 0.950. The summed E-state index contributed by atoms with van der Waals surface area (Å²) in [4.78, 5) is 7.02. The highest BCUT2D eigenvalue weighted by atomic mass is 16.5. The summed E-state index contributed by atoms with van der Waals surface area (Å²) in [7, 11) is 1.83. The number of rotatable bonds is 9. The van der Waals surface area contributed by atoms with Crippen LogP contribution in [0.4, 0.5) is 0 Å². The van der Waals surface area contributed by atoms with Crippen molar-refractivity contribution in [3.05, 3.63) is 0 Å². The Labute approximate surface area is 160 Å². The predicted octanol–water partition coefficient (Wildman–Crippen LogP) is 2.25. The van der Waals surface area contributed by atoms with Gasteiger partial charge < -0.3 is 20.1 Å². The van der Waals surface area contributed by atoms with E-state index in [2.05, 4.69) is 34.4 Å². The van der Waals surface area contributed by atoms with E-state index in [0.29, 0.717) is 31.3 Å². The van der Waals surface area contributed by atoms with E-state index in [1.807, 2.05) is 7.05 Å². The summed E-state index contributed by atoms with van der Waals surface area (Å²) < 4.78 is 11.3. The number of ether oxygens (including phenoxy) is 2. The number of aliphatic imine (C=N–C) groups is 1. The van der Waals surface area contributed by atoms with Crippen LogP contribution < -0.4 is 10.6 Å². The summed E-state index contributed by atoms with van der Waals surface area (Å²) in [5.74, 6) is 1.50. The molecule has 2 N–H and O–H groups in total. The van der Waals surface area contributed by atoms with Gasteiger partial charge in [-0.15, -0.1) is 0 Å². The van der Waals surface area contributed by atoms with E-state index >= 15 is 0 Å². The lowest BCUT2D eigenvalue weighted by molar-refractivity contribution is 0.0191. The van der Waals surface area contributed by atoms with Crippen molar-refractivity contribution in [3.8, 4) is 0 Å². The van der Waals surface area contributed by atoms with Gasteiger partial charge in [-0.2, -0.15) is 0 Å². The number of hydrogen-bond acceptors (Lipinski definition) is 4. The van der Waals surface area contributed by atoms with Crippen molar-refractivity contribution in [3.63, 3.8) is 0 Å². The molecule has 0 spiro atoms. The van der Waals surface area contributed by atoms with Crippen LogP contribution in [-0.2, 0) is 9.47 Å². The van der Waals surface area contributed by atoms with Crippen LogP contribution in [0.1, 0.15) is 52.4 Å². The topological polar surface area (TPSA) is 58.1 Å². The van der Waals surface area contributed by atoms with Gasteiger partial charge in [0.15, 0.2) is 5.96 Å². The second kappa shape index (κ2) is 12.5. The summed E-state index contributed by atoms with van der Waals surface area (Å²) in [6.45, 7) is 11.1. The van der Waals surface area contributed by atoms with Gasteiger partial charge in [-0.3, -0.25) is 9.89 Å². The molecule has 0 amide bonds. The van der Waals surface area contributed by atoms with Gasteiger partial charge >= 0.3 is 0 Å². The molecule has 2 unspecified atom stereocenters. The Morgan fingerprint density at radius 1 is 1.15 bits per heavy atom. The van der Waals surface area contributed by atoms with E-state index in [1.54, 1.807) is 0 Å². The Hall–Kier alpha value is -0.850. The molecule has 152 valence electrons. The normalized spacial score (nSPS) is 23.8. The van der Waals surface area contributed by atoms with Crippen molar-refractivity contribution < 1.29 is 9.47 Å². The molecule has 26 heavy (non-hydrogen) atoms. The minimum absolute atomic E-state index is 0.299. The largest absolute Gasteiger partial charge is 0.377 e. The molecule has 0 aromatic carbocycles. The zero-order valence-corrected chi connectivity index (χ0v) is 17.1. The SMILES string of the molecule is CN=C(NCCOCC1CCCO1)NCC(C(C)C)N1CCCCCC1. The van der Waals surface area contributed by atoms with Crippen LogP contribution in [-0.4, -0.2) is 76.1 Å². The van der Waals surface area contributed by atoms with Gasteiger partial charge in [0, 0.05) is 32.8 Å². The summed E-state index contributed by atoms with van der Waals surface area (Å²) in [6.07, 6.45) is 8.01. The second-order valence-electron chi connectivity index (χ2n) is 7.85. The molecule has 0 radical (unpaired) electrons. The highest BCUT2D eigenvalue weighted by molar-refractivity contribution is 5.79. The zero-order valence-electron chi connectivity index (χ0n) is 17.1. The minimum atomic E-state index is 0.299. The number of likely N-dealkylation sites (tertiary alicyclic amines) is 1. The highest BCUT2D eigenvalue weighted by Crippen LogP contribution is 2.17. The molecule has 2 heterocycles. The van der Waals surface area contributed by atoms with Crippen molar-refractivity contribution >= 4 is 5.96 Å². The first-order chi connectivity index (χ1) is 12.7. The van der Waals surface area contributed by atoms with E-state index in [0.717, 1.165) is 38.5 Å². The lowest BCUT2D eigenvalue weighted by Crippen LogP contribution is -2.50. The van der Waals surface area contributed by atoms with Gasteiger partial charge in [-0.05, 0) is 44.7 Å².